The van der Waals surface area contributed by atoms with Crippen LogP contribution in [0.1, 0.15) is 54.6 Å². The fraction of sp³-hybridized carbons (Fsp3) is 0.407. The molecular formula is C27H30F2N4O. The average Bonchev–Trinajstić information content (AvgIpc) is 3.34. The van der Waals surface area contributed by atoms with Gasteiger partial charge in [0, 0.05) is 24.1 Å². The number of aryl methyl sites for hydroxylation is 2. The predicted octanol–water partition coefficient (Wildman–Crippen LogP) is 6.22. The number of halogens is 2. The van der Waals surface area contributed by atoms with E-state index in [9.17, 15) is 8.78 Å². The number of rotatable bonds is 5. The van der Waals surface area contributed by atoms with E-state index in [0.717, 1.165) is 65.1 Å². The zero-order valence-electron chi connectivity index (χ0n) is 20.1. The quantitative estimate of drug-likeness (QED) is 0.352. The summed E-state index contributed by atoms with van der Waals surface area (Å²) in [4.78, 5) is 7.31. The molecule has 2 aromatic heterocycles. The van der Waals surface area contributed by atoms with Gasteiger partial charge in [-0.1, -0.05) is 17.3 Å². The molecule has 1 saturated carbocycles. The Bertz CT molecular complexity index is 1310. The molecule has 178 valence electrons. The average molecular weight is 465 g/mol. The summed E-state index contributed by atoms with van der Waals surface area (Å²) in [5.74, 6) is 0.00114. The summed E-state index contributed by atoms with van der Waals surface area (Å²) in [6.45, 7) is 3.85. The van der Waals surface area contributed by atoms with Crippen LogP contribution in [-0.4, -0.2) is 39.7 Å². The zero-order valence-corrected chi connectivity index (χ0v) is 20.1. The Morgan fingerprint density at radius 2 is 1.76 bits per heavy atom. The minimum atomic E-state index is -0.830. The van der Waals surface area contributed by atoms with Crippen molar-refractivity contribution >= 4 is 11.0 Å². The molecule has 1 aliphatic rings. The van der Waals surface area contributed by atoms with Crippen molar-refractivity contribution in [2.75, 3.05) is 14.1 Å². The first-order chi connectivity index (χ1) is 16.3. The molecule has 1 aliphatic carbocycles. The summed E-state index contributed by atoms with van der Waals surface area (Å²) in [5, 5.41) is 4.09. The molecule has 2 heterocycles. The van der Waals surface area contributed by atoms with E-state index in [0.29, 0.717) is 24.1 Å². The van der Waals surface area contributed by atoms with Crippen molar-refractivity contribution < 1.29 is 13.3 Å². The van der Waals surface area contributed by atoms with Gasteiger partial charge < -0.3 is 14.0 Å². The highest BCUT2D eigenvalue weighted by molar-refractivity contribution is 5.83. The number of imidazole rings is 1. The lowest BCUT2D eigenvalue weighted by atomic mass is 9.90. The van der Waals surface area contributed by atoms with Crippen molar-refractivity contribution in [2.24, 2.45) is 0 Å². The number of hydrogen-bond donors (Lipinski definition) is 0. The largest absolute Gasteiger partial charge is 0.361 e. The maximum atomic E-state index is 13.9. The molecule has 4 aromatic rings. The Morgan fingerprint density at radius 3 is 2.41 bits per heavy atom. The Labute approximate surface area is 198 Å². The molecule has 0 radical (unpaired) electrons. The van der Waals surface area contributed by atoms with Crippen LogP contribution in [0.5, 0.6) is 0 Å². The Kier molecular flexibility index (Phi) is 5.98. The van der Waals surface area contributed by atoms with Crippen LogP contribution in [0.3, 0.4) is 0 Å². The van der Waals surface area contributed by atoms with Crippen molar-refractivity contribution in [3.8, 4) is 11.1 Å². The zero-order chi connectivity index (χ0) is 24.0. The molecular weight excluding hydrogens is 434 g/mol. The van der Waals surface area contributed by atoms with E-state index < -0.39 is 11.6 Å². The summed E-state index contributed by atoms with van der Waals surface area (Å²) in [6, 6.07) is 11.3. The second-order valence-corrected chi connectivity index (χ2v) is 9.65. The molecule has 0 unspecified atom stereocenters. The standard InChI is InChI=1S/C27H30F2N4O/c1-16-27(17(2)34-31-16)19-6-12-25-24(15-19)30-26(14-18-5-11-22(28)23(29)13-18)33(25)21-9-7-20(8-10-21)32(3)4/h5-6,11-13,15,20-21H,7-10,14H2,1-4H3. The topological polar surface area (TPSA) is 47.1 Å². The van der Waals surface area contributed by atoms with Crippen LogP contribution in [0.25, 0.3) is 22.2 Å². The lowest BCUT2D eigenvalue weighted by Gasteiger charge is -2.34. The first-order valence-electron chi connectivity index (χ1n) is 11.9. The Morgan fingerprint density at radius 1 is 1.00 bits per heavy atom. The predicted molar refractivity (Wildman–Crippen MR) is 129 cm³/mol. The highest BCUT2D eigenvalue weighted by Gasteiger charge is 2.27. The van der Waals surface area contributed by atoms with Crippen LogP contribution < -0.4 is 0 Å². The van der Waals surface area contributed by atoms with E-state index in [4.69, 9.17) is 9.51 Å². The van der Waals surface area contributed by atoms with Crippen molar-refractivity contribution in [1.82, 2.24) is 19.6 Å². The van der Waals surface area contributed by atoms with Gasteiger partial charge in [0.2, 0.25) is 0 Å². The monoisotopic (exact) mass is 464 g/mol. The maximum Gasteiger partial charge on any atom is 0.159 e. The molecule has 0 spiro atoms. The summed E-state index contributed by atoms with van der Waals surface area (Å²) in [7, 11) is 4.28. The van der Waals surface area contributed by atoms with Crippen molar-refractivity contribution in [1.29, 1.82) is 0 Å². The lowest BCUT2D eigenvalue weighted by Crippen LogP contribution is -2.33. The van der Waals surface area contributed by atoms with Crippen LogP contribution in [-0.2, 0) is 6.42 Å². The van der Waals surface area contributed by atoms with Crippen molar-refractivity contribution in [3.05, 3.63) is 70.9 Å². The Balaban J connectivity index is 1.58. The number of fused-ring (bicyclic) bond motifs is 1. The van der Waals surface area contributed by atoms with Crippen LogP contribution in [0.15, 0.2) is 40.9 Å². The molecule has 0 amide bonds. The fourth-order valence-electron chi connectivity index (χ4n) is 5.40. The minimum absolute atomic E-state index is 0.325. The number of hydrogen-bond acceptors (Lipinski definition) is 4. The smallest absolute Gasteiger partial charge is 0.159 e. The van der Waals surface area contributed by atoms with Gasteiger partial charge in [0.05, 0.1) is 16.7 Å². The van der Waals surface area contributed by atoms with Gasteiger partial charge in [-0.25, -0.2) is 13.8 Å². The second-order valence-electron chi connectivity index (χ2n) is 9.65. The van der Waals surface area contributed by atoms with Crippen LogP contribution in [0.4, 0.5) is 8.78 Å². The van der Waals surface area contributed by atoms with Gasteiger partial charge in [0.25, 0.3) is 0 Å². The van der Waals surface area contributed by atoms with Gasteiger partial charge in [-0.05, 0) is 89.0 Å². The minimum Gasteiger partial charge on any atom is -0.361 e. The van der Waals surface area contributed by atoms with E-state index in [1.807, 2.05) is 13.8 Å². The first kappa shape index (κ1) is 22.7. The van der Waals surface area contributed by atoms with Gasteiger partial charge in [0.1, 0.15) is 11.6 Å². The van der Waals surface area contributed by atoms with Crippen molar-refractivity contribution in [3.63, 3.8) is 0 Å². The van der Waals surface area contributed by atoms with Gasteiger partial charge >= 0.3 is 0 Å². The first-order valence-corrected chi connectivity index (χ1v) is 11.9. The van der Waals surface area contributed by atoms with Crippen LogP contribution in [0, 0.1) is 25.5 Å². The number of benzene rings is 2. The number of aromatic nitrogens is 3. The highest BCUT2D eigenvalue weighted by atomic mass is 19.2. The molecule has 0 saturated heterocycles. The van der Waals surface area contributed by atoms with Gasteiger partial charge in [-0.15, -0.1) is 0 Å². The highest BCUT2D eigenvalue weighted by Crippen LogP contribution is 2.36. The molecule has 5 rings (SSSR count). The summed E-state index contributed by atoms with van der Waals surface area (Å²) < 4.78 is 35.1. The summed E-state index contributed by atoms with van der Waals surface area (Å²) >= 11 is 0. The third-order valence-electron chi connectivity index (χ3n) is 7.19. The van der Waals surface area contributed by atoms with E-state index in [1.54, 1.807) is 6.07 Å². The normalized spacial score (nSPS) is 18.8. The Hall–Kier alpha value is -3.06. The molecule has 0 bridgehead atoms. The van der Waals surface area contributed by atoms with E-state index >= 15 is 0 Å². The van der Waals surface area contributed by atoms with E-state index in [-0.39, 0.29) is 0 Å². The molecule has 1 fully saturated rings. The maximum absolute atomic E-state index is 13.9. The molecule has 0 atom stereocenters. The van der Waals surface area contributed by atoms with Crippen molar-refractivity contribution in [2.45, 2.75) is 58.0 Å². The molecule has 5 nitrogen and oxygen atoms in total. The second kappa shape index (κ2) is 8.95. The van der Waals surface area contributed by atoms with E-state index in [1.165, 1.54) is 12.1 Å². The SMILES string of the molecule is Cc1noc(C)c1-c1ccc2c(c1)nc(Cc1ccc(F)c(F)c1)n2C1CCC(N(C)C)CC1. The van der Waals surface area contributed by atoms with E-state index in [2.05, 4.69) is 46.9 Å². The third kappa shape index (κ3) is 4.13. The molecule has 0 N–H and O–H groups in total. The third-order valence-corrected chi connectivity index (χ3v) is 7.19. The summed E-state index contributed by atoms with van der Waals surface area (Å²) in [6.07, 6.45) is 4.81. The fourth-order valence-corrected chi connectivity index (χ4v) is 5.40. The van der Waals surface area contributed by atoms with Crippen LogP contribution in [0.2, 0.25) is 0 Å². The lowest BCUT2D eigenvalue weighted by molar-refractivity contribution is 0.195. The molecule has 2 aromatic carbocycles. The molecule has 34 heavy (non-hydrogen) atoms. The van der Waals surface area contributed by atoms with Gasteiger partial charge in [0.15, 0.2) is 11.6 Å². The van der Waals surface area contributed by atoms with Gasteiger partial charge in [-0.3, -0.25) is 0 Å². The molecule has 0 aliphatic heterocycles. The number of nitrogens with zero attached hydrogens (tertiary/aromatic N) is 4. The summed E-state index contributed by atoms with van der Waals surface area (Å²) in [5.41, 5.74) is 5.53. The van der Waals surface area contributed by atoms with Crippen LogP contribution >= 0.6 is 0 Å². The molecule has 7 heteroatoms. The van der Waals surface area contributed by atoms with Gasteiger partial charge in [-0.2, -0.15) is 0 Å².